The first-order valence-electron chi connectivity index (χ1n) is 9.52. The predicted octanol–water partition coefficient (Wildman–Crippen LogP) is 3.20. The fraction of sp³-hybridized carbons (Fsp3) is 0.182. The van der Waals surface area contributed by atoms with Gasteiger partial charge in [0.05, 0.1) is 29.2 Å². The fourth-order valence-electron chi connectivity index (χ4n) is 3.42. The lowest BCUT2D eigenvalue weighted by atomic mass is 10.1. The van der Waals surface area contributed by atoms with E-state index in [-0.39, 0.29) is 11.7 Å². The van der Waals surface area contributed by atoms with Gasteiger partial charge < -0.3 is 5.32 Å². The first-order chi connectivity index (χ1) is 14.5. The lowest BCUT2D eigenvalue weighted by Gasteiger charge is -2.09. The molecule has 0 saturated carbocycles. The first kappa shape index (κ1) is 19.5. The molecular formula is C22H21FN6O. The van der Waals surface area contributed by atoms with E-state index in [0.717, 1.165) is 11.1 Å². The normalized spacial score (nSPS) is 10.9. The number of amides is 1. The highest BCUT2D eigenvalue weighted by Gasteiger charge is 2.19. The molecule has 4 aromatic rings. The summed E-state index contributed by atoms with van der Waals surface area (Å²) in [5.41, 5.74) is 4.62. The summed E-state index contributed by atoms with van der Waals surface area (Å²) >= 11 is 0. The van der Waals surface area contributed by atoms with Crippen molar-refractivity contribution >= 4 is 5.91 Å². The van der Waals surface area contributed by atoms with E-state index in [1.54, 1.807) is 34.7 Å². The molecule has 0 aliphatic heterocycles. The maximum absolute atomic E-state index is 13.2. The number of benzene rings is 2. The van der Waals surface area contributed by atoms with E-state index in [9.17, 15) is 9.18 Å². The average molecular weight is 404 g/mol. The van der Waals surface area contributed by atoms with Crippen LogP contribution in [0.3, 0.4) is 0 Å². The summed E-state index contributed by atoms with van der Waals surface area (Å²) in [6.45, 7) is 4.63. The summed E-state index contributed by atoms with van der Waals surface area (Å²) < 4.78 is 16.6. The van der Waals surface area contributed by atoms with Crippen LogP contribution in [0, 0.1) is 19.7 Å². The van der Waals surface area contributed by atoms with Gasteiger partial charge in [-0.1, -0.05) is 24.3 Å². The minimum atomic E-state index is -0.315. The molecule has 7 nitrogen and oxygen atoms in total. The molecule has 1 amide bonds. The number of nitrogens with one attached hydrogen (secondary N) is 1. The van der Waals surface area contributed by atoms with Crippen LogP contribution >= 0.6 is 0 Å². The van der Waals surface area contributed by atoms with Crippen LogP contribution in [0.4, 0.5) is 4.39 Å². The second-order valence-corrected chi connectivity index (χ2v) is 7.03. The lowest BCUT2D eigenvalue weighted by molar-refractivity contribution is 0.0949. The van der Waals surface area contributed by atoms with Gasteiger partial charge in [0.1, 0.15) is 18.5 Å². The van der Waals surface area contributed by atoms with Gasteiger partial charge in [0, 0.05) is 6.54 Å². The second kappa shape index (κ2) is 8.28. The Hall–Kier alpha value is -3.81. The zero-order valence-electron chi connectivity index (χ0n) is 16.7. The molecule has 0 saturated heterocycles. The summed E-state index contributed by atoms with van der Waals surface area (Å²) in [5.74, 6) is -0.510. The summed E-state index contributed by atoms with van der Waals surface area (Å²) in [6, 6.07) is 14.0. The molecule has 2 heterocycles. The number of carbonyl (C=O) groups is 1. The predicted molar refractivity (Wildman–Crippen MR) is 110 cm³/mol. The van der Waals surface area contributed by atoms with Gasteiger partial charge in [-0.15, -0.1) is 0 Å². The van der Waals surface area contributed by atoms with E-state index in [1.165, 1.54) is 18.5 Å². The van der Waals surface area contributed by atoms with E-state index in [4.69, 9.17) is 0 Å². The SMILES string of the molecule is Cc1nn(-c2ccc(F)cc2)c(C)c1C(=O)NCc1cccc(Cn2cncn2)c1. The molecule has 2 aromatic carbocycles. The van der Waals surface area contributed by atoms with Gasteiger partial charge in [-0.05, 0) is 49.2 Å². The Morgan fingerprint density at radius 1 is 1.10 bits per heavy atom. The maximum Gasteiger partial charge on any atom is 0.255 e. The molecule has 0 fully saturated rings. The number of halogens is 1. The molecule has 30 heavy (non-hydrogen) atoms. The lowest BCUT2D eigenvalue weighted by Crippen LogP contribution is -2.24. The number of hydrogen-bond acceptors (Lipinski definition) is 4. The van der Waals surface area contributed by atoms with E-state index in [1.807, 2.05) is 31.2 Å². The number of aryl methyl sites for hydroxylation is 1. The van der Waals surface area contributed by atoms with Crippen molar-refractivity contribution in [3.63, 3.8) is 0 Å². The van der Waals surface area contributed by atoms with Crippen LogP contribution < -0.4 is 5.32 Å². The van der Waals surface area contributed by atoms with Crippen molar-refractivity contribution in [2.75, 3.05) is 0 Å². The smallest absolute Gasteiger partial charge is 0.255 e. The molecule has 152 valence electrons. The Labute approximate surface area is 173 Å². The minimum Gasteiger partial charge on any atom is -0.348 e. The molecule has 0 aliphatic carbocycles. The van der Waals surface area contributed by atoms with Gasteiger partial charge in [-0.3, -0.25) is 4.79 Å². The van der Waals surface area contributed by atoms with Crippen molar-refractivity contribution < 1.29 is 9.18 Å². The van der Waals surface area contributed by atoms with E-state index < -0.39 is 0 Å². The van der Waals surface area contributed by atoms with Gasteiger partial charge in [0.2, 0.25) is 0 Å². The quantitative estimate of drug-likeness (QED) is 0.535. The molecule has 1 N–H and O–H groups in total. The Kier molecular flexibility index (Phi) is 5.38. The summed E-state index contributed by atoms with van der Waals surface area (Å²) in [6.07, 6.45) is 3.17. The van der Waals surface area contributed by atoms with Crippen molar-refractivity contribution in [3.8, 4) is 5.69 Å². The Balaban J connectivity index is 1.48. The Morgan fingerprint density at radius 3 is 2.60 bits per heavy atom. The zero-order chi connectivity index (χ0) is 21.1. The minimum absolute atomic E-state index is 0.194. The van der Waals surface area contributed by atoms with Crippen molar-refractivity contribution in [2.24, 2.45) is 0 Å². The molecule has 8 heteroatoms. The maximum atomic E-state index is 13.2. The largest absolute Gasteiger partial charge is 0.348 e. The van der Waals surface area contributed by atoms with E-state index in [0.29, 0.717) is 35.7 Å². The highest BCUT2D eigenvalue weighted by molar-refractivity contribution is 5.96. The third kappa shape index (κ3) is 4.12. The van der Waals surface area contributed by atoms with Crippen molar-refractivity contribution in [2.45, 2.75) is 26.9 Å². The number of carbonyl (C=O) groups excluding carboxylic acids is 1. The van der Waals surface area contributed by atoms with Gasteiger partial charge in [-0.25, -0.2) is 18.7 Å². The Morgan fingerprint density at radius 2 is 1.87 bits per heavy atom. The molecule has 0 bridgehead atoms. The number of rotatable bonds is 6. The number of aromatic nitrogens is 5. The van der Waals surface area contributed by atoms with Gasteiger partial charge >= 0.3 is 0 Å². The topological polar surface area (TPSA) is 77.6 Å². The first-order valence-corrected chi connectivity index (χ1v) is 9.52. The van der Waals surface area contributed by atoms with Gasteiger partial charge in [0.25, 0.3) is 5.91 Å². The molecule has 0 spiro atoms. The fourth-order valence-corrected chi connectivity index (χ4v) is 3.42. The van der Waals surface area contributed by atoms with Crippen LogP contribution in [0.2, 0.25) is 0 Å². The molecule has 0 unspecified atom stereocenters. The number of nitrogens with zero attached hydrogens (tertiary/aromatic N) is 5. The molecule has 4 rings (SSSR count). The van der Waals surface area contributed by atoms with E-state index >= 15 is 0 Å². The highest BCUT2D eigenvalue weighted by atomic mass is 19.1. The van der Waals surface area contributed by atoms with Crippen LogP contribution in [-0.4, -0.2) is 30.5 Å². The summed E-state index contributed by atoms with van der Waals surface area (Å²) in [7, 11) is 0. The van der Waals surface area contributed by atoms with Crippen LogP contribution in [0.25, 0.3) is 5.69 Å². The molecule has 2 aromatic heterocycles. The third-order valence-electron chi connectivity index (χ3n) is 4.85. The average Bonchev–Trinajstić information content (AvgIpc) is 3.34. The van der Waals surface area contributed by atoms with Crippen LogP contribution in [0.5, 0.6) is 0 Å². The van der Waals surface area contributed by atoms with Gasteiger partial charge in [-0.2, -0.15) is 10.2 Å². The van der Waals surface area contributed by atoms with Gasteiger partial charge in [0.15, 0.2) is 0 Å². The van der Waals surface area contributed by atoms with Crippen LogP contribution in [0.15, 0.2) is 61.2 Å². The highest BCUT2D eigenvalue weighted by Crippen LogP contribution is 2.18. The molecular weight excluding hydrogens is 383 g/mol. The molecule has 0 aliphatic rings. The van der Waals surface area contributed by atoms with Crippen molar-refractivity contribution in [3.05, 3.63) is 95.1 Å². The standard InChI is InChI=1S/C22H21FN6O/c1-15-21(16(2)29(27-15)20-8-6-19(23)7-9-20)22(30)25-11-17-4-3-5-18(10-17)12-28-14-24-13-26-28/h3-10,13-14H,11-12H2,1-2H3,(H,25,30). The summed E-state index contributed by atoms with van der Waals surface area (Å²) in [4.78, 5) is 16.8. The van der Waals surface area contributed by atoms with E-state index in [2.05, 4.69) is 20.5 Å². The zero-order valence-corrected chi connectivity index (χ0v) is 16.7. The Bertz CT molecular complexity index is 1170. The molecule has 0 radical (unpaired) electrons. The van der Waals surface area contributed by atoms with Crippen LogP contribution in [0.1, 0.15) is 32.9 Å². The monoisotopic (exact) mass is 404 g/mol. The van der Waals surface area contributed by atoms with Crippen molar-refractivity contribution in [1.29, 1.82) is 0 Å². The van der Waals surface area contributed by atoms with Crippen molar-refractivity contribution in [1.82, 2.24) is 29.9 Å². The summed E-state index contributed by atoms with van der Waals surface area (Å²) in [5, 5.41) is 11.5. The van der Waals surface area contributed by atoms with Crippen LogP contribution in [-0.2, 0) is 13.1 Å². The second-order valence-electron chi connectivity index (χ2n) is 7.03. The molecule has 0 atom stereocenters. The number of hydrogen-bond donors (Lipinski definition) is 1. The third-order valence-corrected chi connectivity index (χ3v) is 4.85.